The molecule has 1 amide bonds. The van der Waals surface area contributed by atoms with Crippen LogP contribution in [0.25, 0.3) is 0 Å². The molecule has 0 aliphatic heterocycles. The average Bonchev–Trinajstić information content (AvgIpc) is 2.63. The van der Waals surface area contributed by atoms with Gasteiger partial charge in [0.05, 0.1) is 16.8 Å². The van der Waals surface area contributed by atoms with E-state index in [-0.39, 0.29) is 5.91 Å². The highest BCUT2D eigenvalue weighted by molar-refractivity contribution is 6.34. The number of amides is 1. The van der Waals surface area contributed by atoms with Gasteiger partial charge in [-0.05, 0) is 37.1 Å². The Morgan fingerprint density at radius 2 is 2.04 bits per heavy atom. The number of hydrogen-bond donors (Lipinski definition) is 1. The summed E-state index contributed by atoms with van der Waals surface area (Å²) in [5.41, 5.74) is 3.22. The number of carbonyl (C=O) groups excluding carboxylic acids is 1. The van der Waals surface area contributed by atoms with Crippen molar-refractivity contribution in [1.82, 2.24) is 19.9 Å². The molecule has 0 spiro atoms. The summed E-state index contributed by atoms with van der Waals surface area (Å²) in [6.07, 6.45) is 5.90. The van der Waals surface area contributed by atoms with Crippen LogP contribution in [-0.2, 0) is 12.8 Å². The molecule has 2 aromatic heterocycles. The highest BCUT2D eigenvalue weighted by atomic mass is 35.5. The number of aryl methyl sites for hydroxylation is 2. The topological polar surface area (TPSA) is 80.7 Å². The SMILES string of the molecule is CCc1cc(C)nc(Cc2ccc(Cl)c(C(=O)Nc3cnccn3)c2)n1. The van der Waals surface area contributed by atoms with Gasteiger partial charge in [0.15, 0.2) is 5.82 Å². The number of carbonyl (C=O) groups is 1. The molecule has 0 radical (unpaired) electrons. The van der Waals surface area contributed by atoms with Gasteiger partial charge in [0.25, 0.3) is 5.91 Å². The quantitative estimate of drug-likeness (QED) is 0.744. The Balaban J connectivity index is 1.83. The molecule has 1 N–H and O–H groups in total. The van der Waals surface area contributed by atoms with Crippen LogP contribution in [0, 0.1) is 6.92 Å². The van der Waals surface area contributed by atoms with Gasteiger partial charge in [0, 0.05) is 30.2 Å². The molecule has 1 aromatic carbocycles. The Morgan fingerprint density at radius 1 is 1.19 bits per heavy atom. The highest BCUT2D eigenvalue weighted by Gasteiger charge is 2.13. The first-order chi connectivity index (χ1) is 12.5. The van der Waals surface area contributed by atoms with E-state index in [1.54, 1.807) is 12.1 Å². The predicted molar refractivity (Wildman–Crippen MR) is 100 cm³/mol. The monoisotopic (exact) mass is 367 g/mol. The first kappa shape index (κ1) is 17.9. The van der Waals surface area contributed by atoms with Crippen molar-refractivity contribution in [1.29, 1.82) is 0 Å². The Labute approximate surface area is 156 Å². The van der Waals surface area contributed by atoms with Crippen molar-refractivity contribution in [2.45, 2.75) is 26.7 Å². The first-order valence-corrected chi connectivity index (χ1v) is 8.62. The molecular weight excluding hydrogens is 350 g/mol. The van der Waals surface area contributed by atoms with Crippen LogP contribution in [0.4, 0.5) is 5.82 Å². The second-order valence-corrected chi connectivity index (χ2v) is 6.21. The zero-order valence-corrected chi connectivity index (χ0v) is 15.3. The van der Waals surface area contributed by atoms with Crippen LogP contribution < -0.4 is 5.32 Å². The number of rotatable bonds is 5. The average molecular weight is 368 g/mol. The zero-order valence-electron chi connectivity index (χ0n) is 14.5. The Morgan fingerprint density at radius 3 is 2.77 bits per heavy atom. The second-order valence-electron chi connectivity index (χ2n) is 5.81. The molecule has 2 heterocycles. The minimum Gasteiger partial charge on any atom is -0.305 e. The van der Waals surface area contributed by atoms with E-state index in [4.69, 9.17) is 11.6 Å². The standard InChI is InChI=1S/C19H18ClN5O/c1-3-14-8-12(2)23-17(24-14)10-13-4-5-16(20)15(9-13)19(26)25-18-11-21-6-7-22-18/h4-9,11H,3,10H2,1-2H3,(H,22,25,26). The van der Waals surface area contributed by atoms with Gasteiger partial charge < -0.3 is 5.32 Å². The third-order valence-corrected chi connectivity index (χ3v) is 4.09. The van der Waals surface area contributed by atoms with Gasteiger partial charge in [-0.3, -0.25) is 9.78 Å². The summed E-state index contributed by atoms with van der Waals surface area (Å²) in [5, 5.41) is 3.06. The van der Waals surface area contributed by atoms with Crippen LogP contribution in [0.1, 0.15) is 40.1 Å². The van der Waals surface area contributed by atoms with Crippen LogP contribution >= 0.6 is 11.6 Å². The van der Waals surface area contributed by atoms with Crippen LogP contribution in [0.15, 0.2) is 42.9 Å². The van der Waals surface area contributed by atoms with E-state index < -0.39 is 0 Å². The summed E-state index contributed by atoms with van der Waals surface area (Å²) >= 11 is 6.21. The van der Waals surface area contributed by atoms with Crippen molar-refractivity contribution in [2.24, 2.45) is 0 Å². The maximum Gasteiger partial charge on any atom is 0.258 e. The molecule has 6 nitrogen and oxygen atoms in total. The molecule has 0 aliphatic carbocycles. The van der Waals surface area contributed by atoms with Gasteiger partial charge in [-0.25, -0.2) is 15.0 Å². The lowest BCUT2D eigenvalue weighted by molar-refractivity contribution is 0.102. The molecule has 132 valence electrons. The fourth-order valence-electron chi connectivity index (χ4n) is 2.55. The van der Waals surface area contributed by atoms with Crippen molar-refractivity contribution in [3.05, 3.63) is 76.2 Å². The normalized spacial score (nSPS) is 10.6. The first-order valence-electron chi connectivity index (χ1n) is 8.24. The van der Waals surface area contributed by atoms with Gasteiger partial charge in [-0.2, -0.15) is 0 Å². The smallest absolute Gasteiger partial charge is 0.258 e. The Bertz CT molecular complexity index is 930. The number of nitrogens with one attached hydrogen (secondary N) is 1. The van der Waals surface area contributed by atoms with Gasteiger partial charge in [0.1, 0.15) is 5.82 Å². The molecule has 0 saturated carbocycles. The molecular formula is C19H18ClN5O. The van der Waals surface area contributed by atoms with E-state index >= 15 is 0 Å². The number of aromatic nitrogens is 4. The third kappa shape index (κ3) is 4.40. The maximum atomic E-state index is 12.5. The van der Waals surface area contributed by atoms with Gasteiger partial charge in [0.2, 0.25) is 0 Å². The van der Waals surface area contributed by atoms with E-state index in [9.17, 15) is 4.79 Å². The van der Waals surface area contributed by atoms with Crippen LogP contribution in [-0.4, -0.2) is 25.8 Å². The van der Waals surface area contributed by atoms with Crippen molar-refractivity contribution in [3.63, 3.8) is 0 Å². The fraction of sp³-hybridized carbons (Fsp3) is 0.211. The molecule has 0 bridgehead atoms. The number of halogens is 1. The largest absolute Gasteiger partial charge is 0.305 e. The van der Waals surface area contributed by atoms with Crippen molar-refractivity contribution in [2.75, 3.05) is 5.32 Å². The van der Waals surface area contributed by atoms with Gasteiger partial charge >= 0.3 is 0 Å². The van der Waals surface area contributed by atoms with E-state index in [2.05, 4.69) is 32.2 Å². The Hall–Kier alpha value is -2.86. The van der Waals surface area contributed by atoms with E-state index in [1.807, 2.05) is 19.1 Å². The van der Waals surface area contributed by atoms with Crippen molar-refractivity contribution >= 4 is 23.3 Å². The minimum absolute atomic E-state index is 0.336. The molecule has 0 aliphatic rings. The molecule has 0 fully saturated rings. The minimum atomic E-state index is -0.336. The van der Waals surface area contributed by atoms with Gasteiger partial charge in [-0.15, -0.1) is 0 Å². The highest BCUT2D eigenvalue weighted by Crippen LogP contribution is 2.20. The molecule has 0 unspecified atom stereocenters. The summed E-state index contributed by atoms with van der Waals surface area (Å²) < 4.78 is 0. The van der Waals surface area contributed by atoms with Crippen LogP contribution in [0.2, 0.25) is 5.02 Å². The lowest BCUT2D eigenvalue weighted by Gasteiger charge is -2.09. The van der Waals surface area contributed by atoms with Crippen molar-refractivity contribution in [3.8, 4) is 0 Å². The second kappa shape index (κ2) is 8.01. The number of anilines is 1. The van der Waals surface area contributed by atoms with E-state index in [0.717, 1.165) is 29.2 Å². The zero-order chi connectivity index (χ0) is 18.5. The van der Waals surface area contributed by atoms with Crippen LogP contribution in [0.3, 0.4) is 0 Å². The summed E-state index contributed by atoms with van der Waals surface area (Å²) in [5.74, 6) is 0.759. The summed E-state index contributed by atoms with van der Waals surface area (Å²) in [7, 11) is 0. The lowest BCUT2D eigenvalue weighted by Crippen LogP contribution is -2.14. The molecule has 7 heteroatoms. The van der Waals surface area contributed by atoms with Gasteiger partial charge in [-0.1, -0.05) is 24.6 Å². The predicted octanol–water partition coefficient (Wildman–Crippen LogP) is 3.63. The Kier molecular flexibility index (Phi) is 5.53. The number of nitrogens with zero attached hydrogens (tertiary/aromatic N) is 4. The van der Waals surface area contributed by atoms with Crippen LogP contribution in [0.5, 0.6) is 0 Å². The maximum absolute atomic E-state index is 12.5. The molecule has 3 aromatic rings. The fourth-order valence-corrected chi connectivity index (χ4v) is 2.75. The van der Waals surface area contributed by atoms with Crippen molar-refractivity contribution < 1.29 is 4.79 Å². The molecule has 0 atom stereocenters. The number of benzene rings is 1. The summed E-state index contributed by atoms with van der Waals surface area (Å²) in [4.78, 5) is 29.5. The van der Waals surface area contributed by atoms with E-state index in [0.29, 0.717) is 22.8 Å². The number of hydrogen-bond acceptors (Lipinski definition) is 5. The third-order valence-electron chi connectivity index (χ3n) is 3.76. The molecule has 26 heavy (non-hydrogen) atoms. The molecule has 0 saturated heterocycles. The summed E-state index contributed by atoms with van der Waals surface area (Å²) in [6.45, 7) is 4.01. The van der Waals surface area contributed by atoms with E-state index in [1.165, 1.54) is 18.6 Å². The summed E-state index contributed by atoms with van der Waals surface area (Å²) in [6, 6.07) is 7.31. The molecule has 3 rings (SSSR count). The lowest BCUT2D eigenvalue weighted by atomic mass is 10.1.